The molecule has 0 saturated carbocycles. The van der Waals surface area contributed by atoms with Crippen molar-refractivity contribution < 1.29 is 19.0 Å². The van der Waals surface area contributed by atoms with Gasteiger partial charge in [0.15, 0.2) is 11.5 Å². The van der Waals surface area contributed by atoms with Crippen LogP contribution in [0.2, 0.25) is 0 Å². The minimum atomic E-state index is -0.289. The zero-order valence-electron chi connectivity index (χ0n) is 20.1. The predicted molar refractivity (Wildman–Crippen MR) is 140 cm³/mol. The van der Waals surface area contributed by atoms with Crippen LogP contribution in [0.4, 0.5) is 0 Å². The first-order chi connectivity index (χ1) is 17.7. The van der Waals surface area contributed by atoms with E-state index in [0.29, 0.717) is 42.5 Å². The quantitative estimate of drug-likeness (QED) is 0.293. The van der Waals surface area contributed by atoms with Crippen LogP contribution in [0.1, 0.15) is 27.0 Å². The van der Waals surface area contributed by atoms with E-state index in [2.05, 4.69) is 5.32 Å². The summed E-state index contributed by atoms with van der Waals surface area (Å²) in [5.74, 6) is 0.914. The van der Waals surface area contributed by atoms with Crippen LogP contribution in [0.3, 0.4) is 0 Å². The molecule has 36 heavy (non-hydrogen) atoms. The van der Waals surface area contributed by atoms with Gasteiger partial charge in [0.2, 0.25) is 5.75 Å². The molecule has 6 nitrogen and oxygen atoms in total. The number of hydrogen-bond donors (Lipinski definition) is 2. The van der Waals surface area contributed by atoms with E-state index in [-0.39, 0.29) is 19.1 Å². The third-order valence-electron chi connectivity index (χ3n) is 5.44. The lowest BCUT2D eigenvalue weighted by Crippen LogP contribution is -2.29. The monoisotopic (exact) mass is 482 g/mol. The smallest absolute Gasteiger partial charge is 0.255 e. The maximum atomic E-state index is 13.0. The molecule has 0 bridgehead atoms. The normalized spacial score (nSPS) is 10.5. The molecule has 0 fully saturated rings. The van der Waals surface area contributed by atoms with Crippen molar-refractivity contribution in [1.82, 2.24) is 5.32 Å². The highest BCUT2D eigenvalue weighted by atomic mass is 16.5. The summed E-state index contributed by atoms with van der Waals surface area (Å²) in [7, 11) is 0. The number of benzene rings is 4. The molecular formula is C30H30N2O4. The fourth-order valence-electron chi connectivity index (χ4n) is 3.59. The summed E-state index contributed by atoms with van der Waals surface area (Å²) in [6, 6.07) is 32.9. The maximum absolute atomic E-state index is 13.0. The standard InChI is InChI=1S/C30H30N2O4/c31-18-19-32-30(33)26-16-17-27(34-20-23-10-4-1-5-11-23)29(36-22-25-14-8-3-9-15-25)28(26)35-21-24-12-6-2-7-13-24/h1-17H,18-22,31H2,(H,32,33). The molecule has 4 aromatic carbocycles. The Labute approximate surface area is 211 Å². The number of ether oxygens (including phenoxy) is 3. The van der Waals surface area contributed by atoms with Crippen molar-refractivity contribution in [2.75, 3.05) is 13.1 Å². The first kappa shape index (κ1) is 24.8. The summed E-state index contributed by atoms with van der Waals surface area (Å²) < 4.78 is 18.7. The molecule has 0 aliphatic rings. The molecule has 4 aromatic rings. The Bertz CT molecular complexity index is 1230. The topological polar surface area (TPSA) is 82.8 Å². The largest absolute Gasteiger partial charge is 0.485 e. The lowest BCUT2D eigenvalue weighted by atomic mass is 10.1. The minimum absolute atomic E-state index is 0.266. The van der Waals surface area contributed by atoms with Crippen molar-refractivity contribution in [2.45, 2.75) is 19.8 Å². The predicted octanol–water partition coefficient (Wildman–Crippen LogP) is 5.11. The number of amides is 1. The van der Waals surface area contributed by atoms with Gasteiger partial charge >= 0.3 is 0 Å². The van der Waals surface area contributed by atoms with E-state index in [1.54, 1.807) is 12.1 Å². The van der Waals surface area contributed by atoms with Crippen LogP contribution in [0.25, 0.3) is 0 Å². The van der Waals surface area contributed by atoms with E-state index in [1.807, 2.05) is 91.0 Å². The van der Waals surface area contributed by atoms with Crippen LogP contribution in [-0.2, 0) is 19.8 Å². The Hall–Kier alpha value is -4.29. The van der Waals surface area contributed by atoms with Gasteiger partial charge in [-0.3, -0.25) is 4.79 Å². The molecule has 0 heterocycles. The Morgan fingerprint density at radius 2 is 1.08 bits per heavy atom. The third kappa shape index (κ3) is 6.87. The molecule has 3 N–H and O–H groups in total. The van der Waals surface area contributed by atoms with Crippen LogP contribution < -0.4 is 25.3 Å². The molecule has 6 heteroatoms. The molecule has 0 aliphatic carbocycles. The molecule has 0 radical (unpaired) electrons. The molecule has 0 spiro atoms. The van der Waals surface area contributed by atoms with Crippen molar-refractivity contribution in [3.05, 3.63) is 125 Å². The van der Waals surface area contributed by atoms with E-state index in [1.165, 1.54) is 0 Å². The fraction of sp³-hybridized carbons (Fsp3) is 0.167. The highest BCUT2D eigenvalue weighted by Crippen LogP contribution is 2.42. The molecule has 0 aromatic heterocycles. The Morgan fingerprint density at radius 3 is 1.58 bits per heavy atom. The third-order valence-corrected chi connectivity index (χ3v) is 5.44. The van der Waals surface area contributed by atoms with Crippen LogP contribution in [-0.4, -0.2) is 19.0 Å². The number of nitrogens with one attached hydrogen (secondary N) is 1. The van der Waals surface area contributed by atoms with E-state index in [4.69, 9.17) is 19.9 Å². The van der Waals surface area contributed by atoms with Gasteiger partial charge in [-0.05, 0) is 28.8 Å². The highest BCUT2D eigenvalue weighted by Gasteiger charge is 2.23. The van der Waals surface area contributed by atoms with Crippen molar-refractivity contribution in [2.24, 2.45) is 5.73 Å². The molecule has 184 valence electrons. The molecule has 0 unspecified atom stereocenters. The van der Waals surface area contributed by atoms with Crippen molar-refractivity contribution >= 4 is 5.91 Å². The first-order valence-corrected chi connectivity index (χ1v) is 11.9. The number of hydrogen-bond acceptors (Lipinski definition) is 5. The molecule has 4 rings (SSSR count). The van der Waals surface area contributed by atoms with Gasteiger partial charge in [-0.25, -0.2) is 0 Å². The zero-order valence-corrected chi connectivity index (χ0v) is 20.1. The van der Waals surface area contributed by atoms with E-state index >= 15 is 0 Å². The van der Waals surface area contributed by atoms with E-state index in [0.717, 1.165) is 16.7 Å². The Balaban J connectivity index is 1.69. The summed E-state index contributed by atoms with van der Waals surface area (Å²) in [5, 5.41) is 2.83. The van der Waals surface area contributed by atoms with Crippen LogP contribution in [0.5, 0.6) is 17.2 Å². The summed E-state index contributed by atoms with van der Waals surface area (Å²) in [6.45, 7) is 1.59. The molecular weight excluding hydrogens is 452 g/mol. The minimum Gasteiger partial charge on any atom is -0.485 e. The average molecular weight is 483 g/mol. The fourth-order valence-corrected chi connectivity index (χ4v) is 3.59. The summed E-state index contributed by atoms with van der Waals surface area (Å²) in [6.07, 6.45) is 0. The second-order valence-corrected chi connectivity index (χ2v) is 8.14. The Kier molecular flexibility index (Phi) is 8.95. The number of carbonyl (C=O) groups is 1. The highest BCUT2D eigenvalue weighted by molar-refractivity contribution is 5.98. The van der Waals surface area contributed by atoms with Crippen LogP contribution in [0.15, 0.2) is 103 Å². The van der Waals surface area contributed by atoms with Gasteiger partial charge in [0.1, 0.15) is 19.8 Å². The second-order valence-electron chi connectivity index (χ2n) is 8.14. The first-order valence-electron chi connectivity index (χ1n) is 11.9. The van der Waals surface area contributed by atoms with Gasteiger partial charge in [0, 0.05) is 13.1 Å². The van der Waals surface area contributed by atoms with Gasteiger partial charge < -0.3 is 25.3 Å². The summed E-state index contributed by atoms with van der Waals surface area (Å²) >= 11 is 0. The van der Waals surface area contributed by atoms with Gasteiger partial charge in [-0.1, -0.05) is 91.0 Å². The number of nitrogens with two attached hydrogens (primary N) is 1. The van der Waals surface area contributed by atoms with Gasteiger partial charge in [-0.15, -0.1) is 0 Å². The average Bonchev–Trinajstić information content (AvgIpc) is 2.94. The lowest BCUT2D eigenvalue weighted by Gasteiger charge is -2.20. The summed E-state index contributed by atoms with van der Waals surface area (Å²) in [5.41, 5.74) is 8.92. The van der Waals surface area contributed by atoms with Gasteiger partial charge in [0.25, 0.3) is 5.91 Å². The van der Waals surface area contributed by atoms with Gasteiger partial charge in [-0.2, -0.15) is 0 Å². The lowest BCUT2D eigenvalue weighted by molar-refractivity contribution is 0.0948. The van der Waals surface area contributed by atoms with Gasteiger partial charge in [0.05, 0.1) is 5.56 Å². The summed E-state index contributed by atoms with van der Waals surface area (Å²) in [4.78, 5) is 13.0. The molecule has 0 saturated heterocycles. The van der Waals surface area contributed by atoms with E-state index in [9.17, 15) is 4.79 Å². The number of carbonyl (C=O) groups excluding carboxylic acids is 1. The van der Waals surface area contributed by atoms with Crippen molar-refractivity contribution in [1.29, 1.82) is 0 Å². The van der Waals surface area contributed by atoms with Crippen LogP contribution in [0, 0.1) is 0 Å². The molecule has 0 atom stereocenters. The van der Waals surface area contributed by atoms with Crippen molar-refractivity contribution in [3.63, 3.8) is 0 Å². The maximum Gasteiger partial charge on any atom is 0.255 e. The van der Waals surface area contributed by atoms with Crippen molar-refractivity contribution in [3.8, 4) is 17.2 Å². The second kappa shape index (κ2) is 13.0. The number of rotatable bonds is 12. The SMILES string of the molecule is NCCNC(=O)c1ccc(OCc2ccccc2)c(OCc2ccccc2)c1OCc1ccccc1. The van der Waals surface area contributed by atoms with Crippen LogP contribution >= 0.6 is 0 Å². The molecule has 1 amide bonds. The Morgan fingerprint density at radius 1 is 0.611 bits per heavy atom. The van der Waals surface area contributed by atoms with E-state index < -0.39 is 0 Å². The zero-order chi connectivity index (χ0) is 25.0. The molecule has 0 aliphatic heterocycles.